The summed E-state index contributed by atoms with van der Waals surface area (Å²) in [5, 5.41) is 3.87. The minimum atomic E-state index is -0.362. The standard InChI is InChI=1S/C20H20N4O4/c1-14-5-6-17(10-21-14)27-11-15-3-2-4-16(9-15)20(25)24-7-8-26-12-18(24)19-22-13-28-23-19/h2-6,9-10,13,18H,7-8,11-12H2,1H3/t18-/m1/s1. The molecule has 1 aliphatic rings. The van der Waals surface area contributed by atoms with E-state index in [-0.39, 0.29) is 11.9 Å². The topological polar surface area (TPSA) is 90.6 Å². The Morgan fingerprint density at radius 1 is 1.29 bits per heavy atom. The molecule has 1 saturated heterocycles. The van der Waals surface area contributed by atoms with Crippen LogP contribution in [0.3, 0.4) is 0 Å². The fraction of sp³-hybridized carbons (Fsp3) is 0.300. The number of pyridine rings is 1. The lowest BCUT2D eigenvalue weighted by atomic mass is 10.1. The monoisotopic (exact) mass is 380 g/mol. The molecule has 1 aromatic carbocycles. The van der Waals surface area contributed by atoms with Crippen LogP contribution in [0.2, 0.25) is 0 Å². The van der Waals surface area contributed by atoms with Crippen molar-refractivity contribution in [2.24, 2.45) is 0 Å². The Morgan fingerprint density at radius 3 is 3.00 bits per heavy atom. The summed E-state index contributed by atoms with van der Waals surface area (Å²) in [6.07, 6.45) is 2.94. The lowest BCUT2D eigenvalue weighted by Crippen LogP contribution is -2.43. The predicted octanol–water partition coefficient (Wildman–Crippen LogP) is 2.57. The lowest BCUT2D eigenvalue weighted by molar-refractivity contribution is -0.00577. The third-order valence-electron chi connectivity index (χ3n) is 4.53. The van der Waals surface area contributed by atoms with Gasteiger partial charge in [0, 0.05) is 17.8 Å². The number of benzene rings is 1. The maximum absolute atomic E-state index is 13.1. The summed E-state index contributed by atoms with van der Waals surface area (Å²) in [5.41, 5.74) is 2.41. The van der Waals surface area contributed by atoms with Crippen LogP contribution in [0.15, 0.2) is 53.5 Å². The van der Waals surface area contributed by atoms with E-state index in [1.807, 2.05) is 37.3 Å². The van der Waals surface area contributed by atoms with Crippen molar-refractivity contribution in [2.45, 2.75) is 19.6 Å². The Labute approximate surface area is 162 Å². The van der Waals surface area contributed by atoms with Crippen molar-refractivity contribution < 1.29 is 18.8 Å². The lowest BCUT2D eigenvalue weighted by Gasteiger charge is -2.33. The van der Waals surface area contributed by atoms with Crippen LogP contribution in [0.4, 0.5) is 0 Å². The van der Waals surface area contributed by atoms with Gasteiger partial charge in [-0.2, -0.15) is 4.98 Å². The summed E-state index contributed by atoms with van der Waals surface area (Å²) < 4.78 is 16.1. The van der Waals surface area contributed by atoms with Gasteiger partial charge in [0.25, 0.3) is 5.91 Å². The molecule has 3 aromatic rings. The van der Waals surface area contributed by atoms with Gasteiger partial charge in [-0.05, 0) is 36.8 Å². The molecular weight excluding hydrogens is 360 g/mol. The summed E-state index contributed by atoms with van der Waals surface area (Å²) >= 11 is 0. The van der Waals surface area contributed by atoms with Crippen LogP contribution < -0.4 is 4.74 Å². The van der Waals surface area contributed by atoms with Gasteiger partial charge in [-0.25, -0.2) is 0 Å². The van der Waals surface area contributed by atoms with Crippen LogP contribution >= 0.6 is 0 Å². The smallest absolute Gasteiger partial charge is 0.254 e. The van der Waals surface area contributed by atoms with Crippen molar-refractivity contribution >= 4 is 5.91 Å². The van der Waals surface area contributed by atoms with Gasteiger partial charge < -0.3 is 18.9 Å². The Balaban J connectivity index is 1.48. The molecule has 1 amide bonds. The van der Waals surface area contributed by atoms with Crippen LogP contribution in [0.25, 0.3) is 0 Å². The molecule has 1 fully saturated rings. The maximum Gasteiger partial charge on any atom is 0.254 e. The van der Waals surface area contributed by atoms with Crippen LogP contribution in [0, 0.1) is 6.92 Å². The average Bonchev–Trinajstić information content (AvgIpc) is 3.28. The minimum Gasteiger partial charge on any atom is -0.487 e. The largest absolute Gasteiger partial charge is 0.487 e. The Bertz CT molecular complexity index is 928. The third kappa shape index (κ3) is 4.01. The average molecular weight is 380 g/mol. The highest BCUT2D eigenvalue weighted by Crippen LogP contribution is 2.24. The van der Waals surface area contributed by atoms with Gasteiger partial charge in [-0.1, -0.05) is 17.3 Å². The SMILES string of the molecule is Cc1ccc(OCc2cccc(C(=O)N3CCOC[C@@H]3c3ncon3)c2)cn1. The van der Waals surface area contributed by atoms with E-state index in [2.05, 4.69) is 15.1 Å². The molecule has 1 atom stereocenters. The number of hydrogen-bond acceptors (Lipinski definition) is 7. The molecule has 8 nitrogen and oxygen atoms in total. The summed E-state index contributed by atoms with van der Waals surface area (Å²) in [6, 6.07) is 10.8. The van der Waals surface area contributed by atoms with Gasteiger partial charge in [0.15, 0.2) is 5.82 Å². The summed E-state index contributed by atoms with van der Waals surface area (Å²) in [7, 11) is 0. The van der Waals surface area contributed by atoms with Gasteiger partial charge in [0.05, 0.1) is 19.4 Å². The molecule has 0 aliphatic carbocycles. The number of ether oxygens (including phenoxy) is 2. The fourth-order valence-electron chi connectivity index (χ4n) is 3.05. The highest BCUT2D eigenvalue weighted by molar-refractivity contribution is 5.94. The molecule has 0 bridgehead atoms. The number of nitrogens with zero attached hydrogens (tertiary/aromatic N) is 4. The molecule has 4 rings (SSSR count). The molecule has 2 aromatic heterocycles. The zero-order valence-electron chi connectivity index (χ0n) is 15.4. The molecule has 144 valence electrons. The quantitative estimate of drug-likeness (QED) is 0.672. The van der Waals surface area contributed by atoms with Gasteiger partial charge in [-0.15, -0.1) is 0 Å². The number of aryl methyl sites for hydroxylation is 1. The van der Waals surface area contributed by atoms with Crippen LogP contribution in [0.5, 0.6) is 5.75 Å². The molecule has 28 heavy (non-hydrogen) atoms. The first-order valence-electron chi connectivity index (χ1n) is 9.00. The Kier molecular flexibility index (Phi) is 5.29. The number of carbonyl (C=O) groups is 1. The highest BCUT2D eigenvalue weighted by atomic mass is 16.5. The molecule has 0 N–H and O–H groups in total. The Morgan fingerprint density at radius 2 is 2.21 bits per heavy atom. The van der Waals surface area contributed by atoms with Crippen molar-refractivity contribution in [3.63, 3.8) is 0 Å². The number of amides is 1. The molecule has 1 aliphatic heterocycles. The van der Waals surface area contributed by atoms with Gasteiger partial charge in [0.2, 0.25) is 6.39 Å². The highest BCUT2D eigenvalue weighted by Gasteiger charge is 2.32. The fourth-order valence-corrected chi connectivity index (χ4v) is 3.05. The molecule has 0 saturated carbocycles. The van der Waals surface area contributed by atoms with Crippen LogP contribution in [0.1, 0.15) is 33.5 Å². The van der Waals surface area contributed by atoms with Crippen molar-refractivity contribution in [1.82, 2.24) is 20.0 Å². The second-order valence-electron chi connectivity index (χ2n) is 6.50. The van der Waals surface area contributed by atoms with Crippen molar-refractivity contribution in [1.29, 1.82) is 0 Å². The number of morpholine rings is 1. The van der Waals surface area contributed by atoms with E-state index in [0.717, 1.165) is 11.3 Å². The van der Waals surface area contributed by atoms with E-state index in [4.69, 9.17) is 14.0 Å². The van der Waals surface area contributed by atoms with Gasteiger partial charge in [-0.3, -0.25) is 9.78 Å². The van der Waals surface area contributed by atoms with Crippen molar-refractivity contribution in [2.75, 3.05) is 19.8 Å². The first-order valence-corrected chi connectivity index (χ1v) is 9.00. The summed E-state index contributed by atoms with van der Waals surface area (Å²) in [6.45, 7) is 3.56. The molecule has 0 radical (unpaired) electrons. The first-order chi connectivity index (χ1) is 13.7. The van der Waals surface area contributed by atoms with Crippen molar-refractivity contribution in [3.05, 3.63) is 71.6 Å². The van der Waals surface area contributed by atoms with Crippen molar-refractivity contribution in [3.8, 4) is 5.75 Å². The van der Waals surface area contributed by atoms with E-state index in [1.54, 1.807) is 17.2 Å². The zero-order valence-corrected chi connectivity index (χ0v) is 15.4. The summed E-state index contributed by atoms with van der Waals surface area (Å²) in [5.74, 6) is 1.03. The third-order valence-corrected chi connectivity index (χ3v) is 4.53. The van der Waals surface area contributed by atoms with E-state index in [0.29, 0.717) is 43.5 Å². The number of rotatable bonds is 5. The molecule has 8 heteroatoms. The van der Waals surface area contributed by atoms with E-state index in [9.17, 15) is 4.79 Å². The van der Waals surface area contributed by atoms with E-state index in [1.165, 1.54) is 6.39 Å². The molecule has 0 spiro atoms. The summed E-state index contributed by atoms with van der Waals surface area (Å²) in [4.78, 5) is 23.1. The molecule has 3 heterocycles. The maximum atomic E-state index is 13.1. The Hall–Kier alpha value is -3.26. The predicted molar refractivity (Wildman–Crippen MR) is 98.6 cm³/mol. The van der Waals surface area contributed by atoms with Gasteiger partial charge >= 0.3 is 0 Å². The normalized spacial score (nSPS) is 16.8. The zero-order chi connectivity index (χ0) is 19.3. The second-order valence-corrected chi connectivity index (χ2v) is 6.50. The van der Waals surface area contributed by atoms with E-state index >= 15 is 0 Å². The van der Waals surface area contributed by atoms with E-state index < -0.39 is 0 Å². The number of carbonyl (C=O) groups excluding carboxylic acids is 1. The minimum absolute atomic E-state index is 0.100. The van der Waals surface area contributed by atoms with Gasteiger partial charge in [0.1, 0.15) is 18.4 Å². The second kappa shape index (κ2) is 8.18. The first kappa shape index (κ1) is 18.1. The number of hydrogen-bond donors (Lipinski definition) is 0. The molecular formula is C20H20N4O4. The van der Waals surface area contributed by atoms with Crippen LogP contribution in [-0.4, -0.2) is 45.7 Å². The molecule has 0 unspecified atom stereocenters. The number of aromatic nitrogens is 3. The van der Waals surface area contributed by atoms with Crippen LogP contribution in [-0.2, 0) is 11.3 Å².